The summed E-state index contributed by atoms with van der Waals surface area (Å²) in [7, 11) is -2.87. The summed E-state index contributed by atoms with van der Waals surface area (Å²) in [6, 6.07) is 3.77. The molecule has 2 N–H and O–H groups in total. The lowest BCUT2D eigenvalue weighted by Gasteiger charge is -2.35. The molecule has 0 unspecified atom stereocenters. The molecule has 0 aromatic carbocycles. The van der Waals surface area contributed by atoms with Gasteiger partial charge >= 0.3 is 0 Å². The van der Waals surface area contributed by atoms with Gasteiger partial charge < -0.3 is 10.6 Å². The normalized spacial score (nSPS) is 17.4. The summed E-state index contributed by atoms with van der Waals surface area (Å²) in [4.78, 5) is 8.55. The second-order valence-corrected chi connectivity index (χ2v) is 7.48. The Morgan fingerprint density at radius 2 is 1.95 bits per heavy atom. The van der Waals surface area contributed by atoms with Crippen LogP contribution < -0.4 is 10.6 Å². The zero-order valence-corrected chi connectivity index (χ0v) is 12.6. The Hall–Kier alpha value is -1.34. The van der Waals surface area contributed by atoms with Crippen LogP contribution in [0.2, 0.25) is 0 Å². The molecule has 0 spiro atoms. The highest BCUT2D eigenvalue weighted by Crippen LogP contribution is 2.16. The molecule has 1 aromatic rings. The van der Waals surface area contributed by atoms with Crippen LogP contribution in [0.3, 0.4) is 0 Å². The van der Waals surface area contributed by atoms with E-state index in [1.807, 2.05) is 6.07 Å². The van der Waals surface area contributed by atoms with Crippen molar-refractivity contribution in [1.82, 2.24) is 9.88 Å². The van der Waals surface area contributed by atoms with Gasteiger partial charge in [0.1, 0.15) is 5.82 Å². The average Bonchev–Trinajstić information content (AvgIpc) is 2.47. The first-order valence-electron chi connectivity index (χ1n) is 6.89. The van der Waals surface area contributed by atoms with Gasteiger partial charge in [-0.3, -0.25) is 4.90 Å². The lowest BCUT2D eigenvalue weighted by atomic mass is 10.2. The fourth-order valence-corrected chi connectivity index (χ4v) is 3.05. The van der Waals surface area contributed by atoms with Gasteiger partial charge in [-0.2, -0.15) is 0 Å². The third-order valence-electron chi connectivity index (χ3n) is 3.67. The summed E-state index contributed by atoms with van der Waals surface area (Å²) in [5, 5.41) is 0. The van der Waals surface area contributed by atoms with Gasteiger partial charge in [0.2, 0.25) is 0 Å². The molecule has 0 saturated carbocycles. The minimum atomic E-state index is -2.87. The number of aromatic nitrogens is 1. The van der Waals surface area contributed by atoms with E-state index in [-0.39, 0.29) is 11.5 Å². The zero-order chi connectivity index (χ0) is 14.6. The average molecular weight is 298 g/mol. The molecular formula is C13H22N4O2S. The van der Waals surface area contributed by atoms with Crippen molar-refractivity contribution in [3.63, 3.8) is 0 Å². The van der Waals surface area contributed by atoms with E-state index in [1.165, 1.54) is 0 Å². The molecule has 2 heterocycles. The van der Waals surface area contributed by atoms with Crippen LogP contribution >= 0.6 is 0 Å². The van der Waals surface area contributed by atoms with Gasteiger partial charge in [0, 0.05) is 38.5 Å². The van der Waals surface area contributed by atoms with Gasteiger partial charge in [-0.25, -0.2) is 13.4 Å². The fraction of sp³-hybridized carbons (Fsp3) is 0.615. The fourth-order valence-electron chi connectivity index (χ4n) is 2.23. The van der Waals surface area contributed by atoms with Crippen LogP contribution in [0.4, 0.5) is 11.5 Å². The van der Waals surface area contributed by atoms with Crippen LogP contribution in [-0.2, 0) is 9.84 Å². The van der Waals surface area contributed by atoms with Crippen molar-refractivity contribution in [2.45, 2.75) is 6.92 Å². The quantitative estimate of drug-likeness (QED) is 0.838. The number of sulfone groups is 1. The molecule has 1 aliphatic heterocycles. The molecule has 0 amide bonds. The SMILES string of the molecule is CCS(=O)(=O)CCN1CCN(c2ccc(N)nc2)CC1. The van der Waals surface area contributed by atoms with Crippen LogP contribution in [-0.4, -0.2) is 62.5 Å². The maximum atomic E-state index is 11.5. The Labute approximate surface area is 120 Å². The highest BCUT2D eigenvalue weighted by molar-refractivity contribution is 7.91. The molecule has 0 aliphatic carbocycles. The molecule has 2 rings (SSSR count). The van der Waals surface area contributed by atoms with E-state index in [9.17, 15) is 8.42 Å². The van der Waals surface area contributed by atoms with Crippen molar-refractivity contribution >= 4 is 21.3 Å². The second-order valence-electron chi connectivity index (χ2n) is 5.01. The summed E-state index contributed by atoms with van der Waals surface area (Å²) in [6.45, 7) is 5.86. The molecule has 20 heavy (non-hydrogen) atoms. The lowest BCUT2D eigenvalue weighted by molar-refractivity contribution is 0.272. The van der Waals surface area contributed by atoms with Crippen molar-refractivity contribution in [2.24, 2.45) is 0 Å². The summed E-state index contributed by atoms with van der Waals surface area (Å²) in [5.41, 5.74) is 6.65. The Kier molecular flexibility index (Phi) is 4.82. The Balaban J connectivity index is 1.82. The summed E-state index contributed by atoms with van der Waals surface area (Å²) < 4.78 is 23.0. The van der Waals surface area contributed by atoms with Crippen LogP contribution in [0.1, 0.15) is 6.92 Å². The van der Waals surface area contributed by atoms with E-state index in [1.54, 1.807) is 19.2 Å². The summed E-state index contributed by atoms with van der Waals surface area (Å²) >= 11 is 0. The van der Waals surface area contributed by atoms with Crippen LogP contribution in [0, 0.1) is 0 Å². The first kappa shape index (κ1) is 15.1. The summed E-state index contributed by atoms with van der Waals surface area (Å²) in [5.74, 6) is 1.01. The number of piperazine rings is 1. The maximum Gasteiger partial charge on any atom is 0.151 e. The van der Waals surface area contributed by atoms with Gasteiger partial charge in [-0.1, -0.05) is 6.92 Å². The Morgan fingerprint density at radius 3 is 2.50 bits per heavy atom. The number of anilines is 2. The van der Waals surface area contributed by atoms with E-state index < -0.39 is 9.84 Å². The molecule has 6 nitrogen and oxygen atoms in total. The van der Waals surface area contributed by atoms with E-state index in [0.29, 0.717) is 12.4 Å². The van der Waals surface area contributed by atoms with Crippen molar-refractivity contribution in [3.8, 4) is 0 Å². The molecule has 1 aromatic heterocycles. The van der Waals surface area contributed by atoms with Gasteiger partial charge in [0.25, 0.3) is 0 Å². The molecule has 1 fully saturated rings. The number of hydrogen-bond donors (Lipinski definition) is 1. The predicted octanol–water partition coefficient (Wildman–Crippen LogP) is 0.221. The van der Waals surface area contributed by atoms with Gasteiger partial charge in [0.15, 0.2) is 9.84 Å². The largest absolute Gasteiger partial charge is 0.384 e. The van der Waals surface area contributed by atoms with Crippen molar-refractivity contribution in [3.05, 3.63) is 18.3 Å². The molecule has 7 heteroatoms. The first-order chi connectivity index (χ1) is 9.50. The standard InChI is InChI=1S/C13H22N4O2S/c1-2-20(18,19)10-9-16-5-7-17(8-6-16)12-3-4-13(14)15-11-12/h3-4,11H,2,5-10H2,1H3,(H2,14,15). The van der Waals surface area contributed by atoms with Crippen LogP contribution in [0.5, 0.6) is 0 Å². The first-order valence-corrected chi connectivity index (χ1v) is 8.71. The molecule has 0 atom stereocenters. The van der Waals surface area contributed by atoms with Crippen molar-refractivity contribution < 1.29 is 8.42 Å². The third kappa shape index (κ3) is 4.08. The monoisotopic (exact) mass is 298 g/mol. The second kappa shape index (κ2) is 6.41. The molecule has 0 radical (unpaired) electrons. The topological polar surface area (TPSA) is 79.5 Å². The van der Waals surface area contributed by atoms with Crippen LogP contribution in [0.25, 0.3) is 0 Å². The zero-order valence-electron chi connectivity index (χ0n) is 11.8. The number of nitrogens with zero attached hydrogens (tertiary/aromatic N) is 3. The highest BCUT2D eigenvalue weighted by atomic mass is 32.2. The number of rotatable bonds is 5. The number of hydrogen-bond acceptors (Lipinski definition) is 6. The third-order valence-corrected chi connectivity index (χ3v) is 5.35. The van der Waals surface area contributed by atoms with Gasteiger partial charge in [-0.05, 0) is 12.1 Å². The molecular weight excluding hydrogens is 276 g/mol. The van der Waals surface area contributed by atoms with Crippen molar-refractivity contribution in [1.29, 1.82) is 0 Å². The lowest BCUT2D eigenvalue weighted by Crippen LogP contribution is -2.47. The van der Waals surface area contributed by atoms with Crippen LogP contribution in [0.15, 0.2) is 18.3 Å². The molecule has 1 saturated heterocycles. The Morgan fingerprint density at radius 1 is 1.25 bits per heavy atom. The molecule has 0 bridgehead atoms. The molecule has 1 aliphatic rings. The summed E-state index contributed by atoms with van der Waals surface area (Å²) in [6.07, 6.45) is 1.78. The minimum Gasteiger partial charge on any atom is -0.384 e. The van der Waals surface area contributed by atoms with E-state index in [4.69, 9.17) is 5.73 Å². The number of pyridine rings is 1. The number of nitrogens with two attached hydrogens (primary N) is 1. The van der Waals surface area contributed by atoms with Crippen molar-refractivity contribution in [2.75, 3.05) is 54.9 Å². The van der Waals surface area contributed by atoms with E-state index in [0.717, 1.165) is 31.9 Å². The van der Waals surface area contributed by atoms with Gasteiger partial charge in [0.05, 0.1) is 17.6 Å². The maximum absolute atomic E-state index is 11.5. The predicted molar refractivity (Wildman–Crippen MR) is 81.6 cm³/mol. The Bertz CT molecular complexity index is 522. The highest BCUT2D eigenvalue weighted by Gasteiger charge is 2.19. The smallest absolute Gasteiger partial charge is 0.151 e. The molecule has 112 valence electrons. The number of nitrogen functional groups attached to an aromatic ring is 1. The van der Waals surface area contributed by atoms with E-state index >= 15 is 0 Å². The van der Waals surface area contributed by atoms with Gasteiger partial charge in [-0.15, -0.1) is 0 Å². The minimum absolute atomic E-state index is 0.226. The van der Waals surface area contributed by atoms with E-state index in [2.05, 4.69) is 14.8 Å².